The monoisotopic (exact) mass is 352 g/mol. The molecule has 5 heteroatoms. The zero-order chi connectivity index (χ0) is 16.4. The van der Waals surface area contributed by atoms with Crippen LogP contribution in [0.2, 0.25) is 0 Å². The fraction of sp³-hybridized carbons (Fsp3) is 0.158. The molecule has 2 heterocycles. The van der Waals surface area contributed by atoms with Crippen LogP contribution in [0.3, 0.4) is 0 Å². The SMILES string of the molecule is Cc1ccc(-c2nc(CSC3=Nc4ccccc4CS3)co2)cc1. The van der Waals surface area contributed by atoms with Crippen LogP contribution in [0.4, 0.5) is 5.69 Å². The Labute approximate surface area is 149 Å². The number of oxazole rings is 1. The van der Waals surface area contributed by atoms with Gasteiger partial charge in [0.25, 0.3) is 0 Å². The first-order valence-corrected chi connectivity index (χ1v) is 9.69. The first-order chi connectivity index (χ1) is 11.8. The van der Waals surface area contributed by atoms with E-state index in [2.05, 4.69) is 42.2 Å². The van der Waals surface area contributed by atoms with Crippen molar-refractivity contribution in [1.82, 2.24) is 4.98 Å². The molecule has 0 bridgehead atoms. The minimum atomic E-state index is 0.675. The number of fused-ring (bicyclic) bond motifs is 1. The molecule has 3 aromatic rings. The van der Waals surface area contributed by atoms with E-state index in [-0.39, 0.29) is 0 Å². The molecule has 24 heavy (non-hydrogen) atoms. The van der Waals surface area contributed by atoms with Crippen molar-refractivity contribution in [3.63, 3.8) is 0 Å². The largest absolute Gasteiger partial charge is 0.444 e. The van der Waals surface area contributed by atoms with Gasteiger partial charge in [0.2, 0.25) is 5.89 Å². The second kappa shape index (κ2) is 6.87. The Balaban J connectivity index is 1.44. The van der Waals surface area contributed by atoms with Crippen molar-refractivity contribution < 1.29 is 4.42 Å². The average molecular weight is 352 g/mol. The number of thioether (sulfide) groups is 2. The lowest BCUT2D eigenvalue weighted by Crippen LogP contribution is -1.96. The van der Waals surface area contributed by atoms with Gasteiger partial charge in [0, 0.05) is 17.1 Å². The van der Waals surface area contributed by atoms with Crippen molar-refractivity contribution in [2.45, 2.75) is 18.4 Å². The van der Waals surface area contributed by atoms with Gasteiger partial charge in [-0.25, -0.2) is 9.98 Å². The lowest BCUT2D eigenvalue weighted by molar-refractivity contribution is 0.573. The van der Waals surface area contributed by atoms with E-state index in [9.17, 15) is 0 Å². The van der Waals surface area contributed by atoms with E-state index in [0.717, 1.165) is 32.8 Å². The molecule has 0 atom stereocenters. The molecule has 1 aromatic heterocycles. The summed E-state index contributed by atoms with van der Waals surface area (Å²) in [5, 5.41) is 0. The molecule has 0 unspecified atom stereocenters. The van der Waals surface area contributed by atoms with Gasteiger partial charge in [-0.3, -0.25) is 0 Å². The van der Waals surface area contributed by atoms with Crippen LogP contribution in [0.5, 0.6) is 0 Å². The third kappa shape index (κ3) is 3.42. The van der Waals surface area contributed by atoms with Crippen molar-refractivity contribution in [3.05, 3.63) is 71.6 Å². The van der Waals surface area contributed by atoms with Crippen LogP contribution in [0.25, 0.3) is 11.5 Å². The lowest BCUT2D eigenvalue weighted by atomic mass is 10.1. The quantitative estimate of drug-likeness (QED) is 0.595. The molecule has 0 fully saturated rings. The fourth-order valence-corrected chi connectivity index (χ4v) is 4.36. The number of hydrogen-bond acceptors (Lipinski definition) is 5. The highest BCUT2D eigenvalue weighted by molar-refractivity contribution is 8.38. The van der Waals surface area contributed by atoms with Gasteiger partial charge in [-0.05, 0) is 30.7 Å². The number of nitrogens with zero attached hydrogens (tertiary/aromatic N) is 2. The second-order valence-corrected chi connectivity index (χ2v) is 7.78. The molecule has 0 spiro atoms. The van der Waals surface area contributed by atoms with E-state index in [1.54, 1.807) is 29.8 Å². The molecular weight excluding hydrogens is 336 g/mol. The summed E-state index contributed by atoms with van der Waals surface area (Å²) in [6, 6.07) is 16.5. The normalized spacial score (nSPS) is 13.5. The van der Waals surface area contributed by atoms with Crippen LogP contribution in [-0.4, -0.2) is 9.36 Å². The maximum absolute atomic E-state index is 5.62. The predicted octanol–water partition coefficient (Wildman–Crippen LogP) is 5.82. The minimum Gasteiger partial charge on any atom is -0.444 e. The highest BCUT2D eigenvalue weighted by Crippen LogP contribution is 2.35. The van der Waals surface area contributed by atoms with Crippen LogP contribution in [0.1, 0.15) is 16.8 Å². The molecule has 1 aliphatic heterocycles. The summed E-state index contributed by atoms with van der Waals surface area (Å²) in [6.07, 6.45) is 1.74. The molecule has 0 N–H and O–H groups in total. The minimum absolute atomic E-state index is 0.675. The van der Waals surface area contributed by atoms with E-state index in [1.165, 1.54) is 11.1 Å². The van der Waals surface area contributed by atoms with Gasteiger partial charge in [-0.15, -0.1) is 0 Å². The molecule has 0 aliphatic carbocycles. The number of hydrogen-bond donors (Lipinski definition) is 0. The number of aromatic nitrogens is 1. The topological polar surface area (TPSA) is 38.4 Å². The predicted molar refractivity (Wildman–Crippen MR) is 103 cm³/mol. The summed E-state index contributed by atoms with van der Waals surface area (Å²) in [4.78, 5) is 9.31. The Morgan fingerprint density at radius 1 is 1.12 bits per heavy atom. The smallest absolute Gasteiger partial charge is 0.226 e. The Morgan fingerprint density at radius 2 is 1.96 bits per heavy atom. The zero-order valence-electron chi connectivity index (χ0n) is 13.2. The summed E-state index contributed by atoms with van der Waals surface area (Å²) in [6.45, 7) is 2.07. The molecule has 0 saturated heterocycles. The summed E-state index contributed by atoms with van der Waals surface area (Å²) >= 11 is 3.50. The summed E-state index contributed by atoms with van der Waals surface area (Å²) in [5.41, 5.74) is 5.57. The molecule has 0 radical (unpaired) electrons. The van der Waals surface area contributed by atoms with E-state index in [4.69, 9.17) is 9.41 Å². The second-order valence-electron chi connectivity index (χ2n) is 5.59. The molecule has 1 aliphatic rings. The van der Waals surface area contributed by atoms with Crippen molar-refractivity contribution in [3.8, 4) is 11.5 Å². The summed E-state index contributed by atoms with van der Waals surface area (Å²) in [7, 11) is 0. The number of para-hydroxylation sites is 1. The van der Waals surface area contributed by atoms with Crippen molar-refractivity contribution in [2.24, 2.45) is 4.99 Å². The number of benzene rings is 2. The van der Waals surface area contributed by atoms with Gasteiger partial charge in [0.1, 0.15) is 10.6 Å². The molecular formula is C19H16N2OS2. The van der Waals surface area contributed by atoms with E-state index < -0.39 is 0 Å². The summed E-state index contributed by atoms with van der Waals surface area (Å²) in [5.74, 6) is 2.42. The number of aliphatic imine (C=N–C) groups is 1. The first kappa shape index (κ1) is 15.5. The van der Waals surface area contributed by atoms with Crippen LogP contribution in [0.15, 0.2) is 64.2 Å². The van der Waals surface area contributed by atoms with Crippen molar-refractivity contribution in [2.75, 3.05) is 0 Å². The van der Waals surface area contributed by atoms with Gasteiger partial charge in [-0.1, -0.05) is 59.4 Å². The van der Waals surface area contributed by atoms with Gasteiger partial charge in [0.15, 0.2) is 0 Å². The maximum atomic E-state index is 5.62. The highest BCUT2D eigenvalue weighted by atomic mass is 32.2. The third-order valence-electron chi connectivity index (χ3n) is 3.75. The van der Waals surface area contributed by atoms with E-state index in [1.807, 2.05) is 18.2 Å². The lowest BCUT2D eigenvalue weighted by Gasteiger charge is -2.13. The summed E-state index contributed by atoms with van der Waals surface area (Å²) < 4.78 is 6.71. The van der Waals surface area contributed by atoms with Crippen molar-refractivity contribution >= 4 is 33.6 Å². The maximum Gasteiger partial charge on any atom is 0.226 e. The molecule has 120 valence electrons. The molecule has 0 amide bonds. The standard InChI is InChI=1S/C19H16N2OS2/c1-13-6-8-14(9-7-13)18-20-16(10-22-18)12-24-19-21-17-5-3-2-4-15(17)11-23-19/h2-10H,11-12H2,1H3. The van der Waals surface area contributed by atoms with Crippen LogP contribution < -0.4 is 0 Å². The Kier molecular flexibility index (Phi) is 4.45. The number of aryl methyl sites for hydroxylation is 1. The average Bonchev–Trinajstić information content (AvgIpc) is 3.09. The van der Waals surface area contributed by atoms with Gasteiger partial charge < -0.3 is 4.42 Å². The van der Waals surface area contributed by atoms with Crippen LogP contribution in [-0.2, 0) is 11.5 Å². The highest BCUT2D eigenvalue weighted by Gasteiger charge is 2.14. The van der Waals surface area contributed by atoms with Gasteiger partial charge in [0.05, 0.1) is 11.4 Å². The Bertz CT molecular complexity index is 884. The number of rotatable bonds is 3. The Morgan fingerprint density at radius 3 is 2.83 bits per heavy atom. The first-order valence-electron chi connectivity index (χ1n) is 7.71. The fourth-order valence-electron chi connectivity index (χ4n) is 2.42. The Hall–Kier alpha value is -1.98. The molecule has 3 nitrogen and oxygen atoms in total. The van der Waals surface area contributed by atoms with Gasteiger partial charge in [-0.2, -0.15) is 0 Å². The molecule has 0 saturated carbocycles. The molecule has 4 rings (SSSR count). The van der Waals surface area contributed by atoms with E-state index in [0.29, 0.717) is 5.89 Å². The zero-order valence-corrected chi connectivity index (χ0v) is 14.9. The van der Waals surface area contributed by atoms with Gasteiger partial charge >= 0.3 is 0 Å². The van der Waals surface area contributed by atoms with Crippen LogP contribution >= 0.6 is 23.5 Å². The van der Waals surface area contributed by atoms with E-state index >= 15 is 0 Å². The molecule has 2 aromatic carbocycles. The van der Waals surface area contributed by atoms with Crippen molar-refractivity contribution in [1.29, 1.82) is 0 Å². The van der Waals surface area contributed by atoms with Crippen LogP contribution in [0, 0.1) is 6.92 Å². The third-order valence-corrected chi connectivity index (χ3v) is 6.03.